The van der Waals surface area contributed by atoms with Gasteiger partial charge in [-0.25, -0.2) is 4.68 Å². The van der Waals surface area contributed by atoms with E-state index in [1.807, 2.05) is 28.8 Å². The van der Waals surface area contributed by atoms with Crippen molar-refractivity contribution >= 4 is 23.1 Å². The largest absolute Gasteiger partial charge is 0.469 e. The molecule has 12 nitrogen and oxygen atoms in total. The predicted octanol–water partition coefficient (Wildman–Crippen LogP) is 2.57. The maximum absolute atomic E-state index is 13.3. The number of H-pyrrole nitrogens is 1. The molecule has 0 fully saturated rings. The first-order chi connectivity index (χ1) is 16.9. The number of benzene rings is 2. The number of nitrogens with one attached hydrogen (secondary N) is 1. The molecular formula is C23H21N7O5. The molecule has 0 spiro atoms. The molecule has 0 amide bonds. The lowest BCUT2D eigenvalue weighted by Gasteiger charge is -2.04. The summed E-state index contributed by atoms with van der Waals surface area (Å²) >= 11 is 0. The average Bonchev–Trinajstić information content (AvgIpc) is 3.47. The highest BCUT2D eigenvalue weighted by atomic mass is 16.6. The summed E-state index contributed by atoms with van der Waals surface area (Å²) in [6.45, 7) is 2.29. The van der Waals surface area contributed by atoms with Crippen molar-refractivity contribution in [3.63, 3.8) is 0 Å². The molecule has 0 radical (unpaired) electrons. The van der Waals surface area contributed by atoms with E-state index in [0.29, 0.717) is 29.3 Å². The van der Waals surface area contributed by atoms with Crippen LogP contribution in [0.5, 0.6) is 0 Å². The number of nitrogens with zero attached hydrogens (tertiary/aromatic N) is 6. The Bertz CT molecular complexity index is 1430. The Morgan fingerprint density at radius 2 is 1.77 bits per heavy atom. The number of hydrogen-bond acceptors (Lipinski definition) is 8. The minimum absolute atomic E-state index is 0.103. The quantitative estimate of drug-likeness (QED) is 0.178. The molecule has 2 aromatic heterocycles. The number of aliphatic imine (C=N–C) groups is 1. The summed E-state index contributed by atoms with van der Waals surface area (Å²) in [6, 6.07) is 13.0. The summed E-state index contributed by atoms with van der Waals surface area (Å²) in [5.74, 6) is -0.533. The van der Waals surface area contributed by atoms with E-state index in [-0.39, 0.29) is 17.7 Å². The Kier molecular flexibility index (Phi) is 6.62. The number of aromatic amines is 1. The minimum Gasteiger partial charge on any atom is -0.469 e. The van der Waals surface area contributed by atoms with Crippen LogP contribution < -0.4 is 5.56 Å². The molecule has 178 valence electrons. The number of rotatable bonds is 8. The lowest BCUT2D eigenvalue weighted by molar-refractivity contribution is -0.384. The first-order valence-corrected chi connectivity index (χ1v) is 10.5. The lowest BCUT2D eigenvalue weighted by Crippen LogP contribution is -2.20. The molecule has 0 saturated heterocycles. The van der Waals surface area contributed by atoms with Crippen LogP contribution in [0.4, 0.5) is 11.4 Å². The first kappa shape index (κ1) is 23.3. The predicted molar refractivity (Wildman–Crippen MR) is 126 cm³/mol. The number of nitro benzene ring substituents is 1. The number of carbonyl (C=O) groups excluding carboxylic acids is 1. The van der Waals surface area contributed by atoms with E-state index < -0.39 is 16.5 Å². The SMILES string of the molecule is COC(=O)Cc1[nH]n(-c2ccc([N+](=O)[O-])cc2)c(=O)c1C(C)=Nc1ccc(Cn2cnnc2)cc1. The van der Waals surface area contributed by atoms with Crippen LogP contribution in [-0.4, -0.2) is 48.3 Å². The summed E-state index contributed by atoms with van der Waals surface area (Å²) in [5.41, 5.74) is 2.43. The topological polar surface area (TPSA) is 150 Å². The van der Waals surface area contributed by atoms with E-state index in [4.69, 9.17) is 4.74 Å². The molecule has 1 N–H and O–H groups in total. The molecule has 12 heteroatoms. The van der Waals surface area contributed by atoms with Gasteiger partial charge >= 0.3 is 5.97 Å². The van der Waals surface area contributed by atoms with Crippen LogP contribution in [-0.2, 0) is 22.5 Å². The molecule has 0 aliphatic rings. The minimum atomic E-state index is -0.533. The van der Waals surface area contributed by atoms with Gasteiger partial charge in [-0.15, -0.1) is 10.2 Å². The second kappa shape index (κ2) is 9.95. The Morgan fingerprint density at radius 1 is 1.11 bits per heavy atom. The molecule has 0 aliphatic heterocycles. The summed E-state index contributed by atoms with van der Waals surface area (Å²) in [6.07, 6.45) is 3.08. The summed E-state index contributed by atoms with van der Waals surface area (Å²) < 4.78 is 7.82. The van der Waals surface area contributed by atoms with Crippen molar-refractivity contribution in [3.8, 4) is 5.69 Å². The third-order valence-electron chi connectivity index (χ3n) is 5.26. The van der Waals surface area contributed by atoms with E-state index in [2.05, 4.69) is 20.3 Å². The molecule has 4 rings (SSSR count). The highest BCUT2D eigenvalue weighted by Crippen LogP contribution is 2.18. The number of methoxy groups -OCH3 is 1. The van der Waals surface area contributed by atoms with Gasteiger partial charge in [0.25, 0.3) is 11.2 Å². The zero-order chi connectivity index (χ0) is 24.9. The second-order valence-corrected chi connectivity index (χ2v) is 7.63. The maximum Gasteiger partial charge on any atom is 0.311 e. The van der Waals surface area contributed by atoms with E-state index in [1.165, 1.54) is 36.1 Å². The maximum atomic E-state index is 13.3. The Morgan fingerprint density at radius 3 is 2.37 bits per heavy atom. The van der Waals surface area contributed by atoms with E-state index in [9.17, 15) is 19.7 Å². The summed E-state index contributed by atoms with van der Waals surface area (Å²) in [5, 5.41) is 21.4. The van der Waals surface area contributed by atoms with Crippen molar-refractivity contribution in [2.24, 2.45) is 4.99 Å². The number of aromatic nitrogens is 5. The first-order valence-electron chi connectivity index (χ1n) is 10.5. The Hall–Kier alpha value is -4.87. The Balaban J connectivity index is 1.68. The highest BCUT2D eigenvalue weighted by Gasteiger charge is 2.21. The van der Waals surface area contributed by atoms with Crippen LogP contribution in [0.15, 0.2) is 71.0 Å². The van der Waals surface area contributed by atoms with Crippen LogP contribution in [0.1, 0.15) is 23.7 Å². The smallest absolute Gasteiger partial charge is 0.311 e. The van der Waals surface area contributed by atoms with Gasteiger partial charge in [0.2, 0.25) is 0 Å². The molecule has 0 aliphatic carbocycles. The summed E-state index contributed by atoms with van der Waals surface area (Å²) in [4.78, 5) is 40.3. The molecular weight excluding hydrogens is 454 g/mol. The van der Waals surface area contributed by atoms with Crippen molar-refractivity contribution in [3.05, 3.63) is 98.5 Å². The zero-order valence-electron chi connectivity index (χ0n) is 18.9. The number of carbonyl (C=O) groups is 1. The Labute approximate surface area is 198 Å². The monoisotopic (exact) mass is 475 g/mol. The molecule has 2 aromatic carbocycles. The zero-order valence-corrected chi connectivity index (χ0v) is 18.9. The van der Waals surface area contributed by atoms with Crippen molar-refractivity contribution in [1.82, 2.24) is 24.5 Å². The van der Waals surface area contributed by atoms with Gasteiger partial charge in [-0.3, -0.25) is 29.8 Å². The van der Waals surface area contributed by atoms with Gasteiger partial charge in [-0.2, -0.15) is 0 Å². The van der Waals surface area contributed by atoms with Crippen LogP contribution in [0.25, 0.3) is 5.69 Å². The van der Waals surface area contributed by atoms with Gasteiger partial charge in [0, 0.05) is 18.7 Å². The van der Waals surface area contributed by atoms with Crippen molar-refractivity contribution in [2.45, 2.75) is 19.9 Å². The number of hydrogen-bond donors (Lipinski definition) is 1. The fraction of sp³-hybridized carbons (Fsp3) is 0.174. The van der Waals surface area contributed by atoms with Crippen LogP contribution in [0.3, 0.4) is 0 Å². The van der Waals surface area contributed by atoms with Gasteiger partial charge in [-0.1, -0.05) is 12.1 Å². The molecule has 0 bridgehead atoms. The van der Waals surface area contributed by atoms with E-state index in [1.54, 1.807) is 19.6 Å². The summed E-state index contributed by atoms with van der Waals surface area (Å²) in [7, 11) is 1.26. The van der Waals surface area contributed by atoms with Gasteiger partial charge in [0.15, 0.2) is 0 Å². The molecule has 35 heavy (non-hydrogen) atoms. The van der Waals surface area contributed by atoms with Crippen molar-refractivity contribution in [1.29, 1.82) is 0 Å². The van der Waals surface area contributed by atoms with Gasteiger partial charge < -0.3 is 9.30 Å². The van der Waals surface area contributed by atoms with Crippen molar-refractivity contribution in [2.75, 3.05) is 7.11 Å². The number of nitro groups is 1. The van der Waals surface area contributed by atoms with Crippen LogP contribution in [0, 0.1) is 10.1 Å². The third-order valence-corrected chi connectivity index (χ3v) is 5.26. The third kappa shape index (κ3) is 5.21. The average molecular weight is 475 g/mol. The van der Waals surface area contributed by atoms with Gasteiger partial charge in [0.1, 0.15) is 12.7 Å². The molecule has 0 atom stereocenters. The number of esters is 1. The van der Waals surface area contributed by atoms with Gasteiger partial charge in [0.05, 0.1) is 46.8 Å². The fourth-order valence-corrected chi connectivity index (χ4v) is 3.55. The molecule has 0 unspecified atom stereocenters. The van der Waals surface area contributed by atoms with Crippen molar-refractivity contribution < 1.29 is 14.5 Å². The highest BCUT2D eigenvalue weighted by molar-refractivity contribution is 6.01. The van der Waals surface area contributed by atoms with E-state index >= 15 is 0 Å². The number of ether oxygens (including phenoxy) is 1. The number of non-ortho nitro benzene ring substituents is 1. The lowest BCUT2D eigenvalue weighted by atomic mass is 10.1. The van der Waals surface area contributed by atoms with Crippen LogP contribution in [0.2, 0.25) is 0 Å². The normalized spacial score (nSPS) is 11.4. The second-order valence-electron chi connectivity index (χ2n) is 7.63. The molecule has 4 aromatic rings. The van der Waals surface area contributed by atoms with Gasteiger partial charge in [-0.05, 0) is 36.8 Å². The molecule has 0 saturated carbocycles. The van der Waals surface area contributed by atoms with E-state index in [0.717, 1.165) is 5.56 Å². The fourth-order valence-electron chi connectivity index (χ4n) is 3.55. The molecule has 2 heterocycles. The standard InChI is InChI=1S/C23H21N7O5/c1-15(26-17-5-3-16(4-6-17)12-28-13-24-25-14-28)22-20(11-21(31)35-2)27-29(23(22)32)18-7-9-19(10-8-18)30(33)34/h3-10,13-14,27H,11-12H2,1-2H3. The van der Waals surface area contributed by atoms with Crippen LogP contribution >= 0.6 is 0 Å².